The van der Waals surface area contributed by atoms with Crippen molar-refractivity contribution in [2.75, 3.05) is 13.1 Å². The normalized spacial score (nSPS) is 21.6. The number of nitrogens with one attached hydrogen (secondary N) is 1. The van der Waals surface area contributed by atoms with Gasteiger partial charge in [0.05, 0.1) is 21.8 Å². The highest BCUT2D eigenvalue weighted by Gasteiger charge is 2.36. The quantitative estimate of drug-likeness (QED) is 0.727. The maximum absolute atomic E-state index is 13.0. The number of rotatable bonds is 2. The van der Waals surface area contributed by atoms with Crippen molar-refractivity contribution in [3.63, 3.8) is 0 Å². The zero-order valence-corrected chi connectivity index (χ0v) is 16.3. The highest BCUT2D eigenvalue weighted by Crippen LogP contribution is 2.30. The molecule has 0 unspecified atom stereocenters. The van der Waals surface area contributed by atoms with E-state index in [0.717, 1.165) is 40.1 Å². The molecular weight excluding hydrogens is 372 g/mol. The van der Waals surface area contributed by atoms with Crippen molar-refractivity contribution in [2.24, 2.45) is 5.92 Å². The first-order chi connectivity index (χ1) is 13.6. The number of benzene rings is 1. The first kappa shape index (κ1) is 17.3. The van der Waals surface area contributed by atoms with E-state index in [1.54, 1.807) is 11.3 Å². The summed E-state index contributed by atoms with van der Waals surface area (Å²) < 4.78 is 1.05. The van der Waals surface area contributed by atoms with E-state index in [1.165, 1.54) is 0 Å². The van der Waals surface area contributed by atoms with Crippen molar-refractivity contribution in [2.45, 2.75) is 25.8 Å². The van der Waals surface area contributed by atoms with Gasteiger partial charge in [-0.25, -0.2) is 9.97 Å². The average Bonchev–Trinajstić information content (AvgIpc) is 2.98. The molecular formula is C21H20N4O2S. The third-order valence-electron chi connectivity index (χ3n) is 5.57. The lowest BCUT2D eigenvalue weighted by molar-refractivity contribution is -0.126. The van der Waals surface area contributed by atoms with Crippen LogP contribution in [0.25, 0.3) is 21.5 Å². The molecule has 28 heavy (non-hydrogen) atoms. The van der Waals surface area contributed by atoms with E-state index in [2.05, 4.69) is 15.3 Å². The molecule has 2 aromatic heterocycles. The molecule has 6 nitrogen and oxygen atoms in total. The zero-order valence-electron chi connectivity index (χ0n) is 15.5. The maximum Gasteiger partial charge on any atom is 0.253 e. The largest absolute Gasteiger partial charge is 0.351 e. The van der Waals surface area contributed by atoms with Crippen molar-refractivity contribution in [1.82, 2.24) is 20.2 Å². The van der Waals surface area contributed by atoms with Gasteiger partial charge in [-0.2, -0.15) is 0 Å². The van der Waals surface area contributed by atoms with Crippen LogP contribution in [0, 0.1) is 12.8 Å². The number of piperidine rings is 1. The first-order valence-corrected chi connectivity index (χ1v) is 10.4. The molecule has 0 aliphatic carbocycles. The molecule has 3 fully saturated rings. The van der Waals surface area contributed by atoms with E-state index in [9.17, 15) is 9.59 Å². The second-order valence-corrected chi connectivity index (χ2v) is 8.44. The predicted octanol–water partition coefficient (Wildman–Crippen LogP) is 3.02. The summed E-state index contributed by atoms with van der Waals surface area (Å²) in [4.78, 5) is 36.0. The number of carbonyl (C=O) groups is 2. The summed E-state index contributed by atoms with van der Waals surface area (Å²) in [6.45, 7) is 2.98. The molecule has 0 radical (unpaired) electrons. The number of hydrogen-bond acceptors (Lipinski definition) is 5. The lowest BCUT2D eigenvalue weighted by atomic mass is 9.96. The Balaban J connectivity index is 1.43. The van der Waals surface area contributed by atoms with Gasteiger partial charge in [-0.15, -0.1) is 11.3 Å². The van der Waals surface area contributed by atoms with Crippen LogP contribution < -0.4 is 5.32 Å². The van der Waals surface area contributed by atoms with E-state index in [0.29, 0.717) is 18.7 Å². The summed E-state index contributed by atoms with van der Waals surface area (Å²) in [5.74, 6) is 0.720. The number of aryl methyl sites for hydroxylation is 1. The molecule has 3 aliphatic rings. The molecule has 3 saturated heterocycles. The maximum atomic E-state index is 13.0. The Morgan fingerprint density at radius 3 is 2.75 bits per heavy atom. The molecule has 0 saturated carbocycles. The van der Waals surface area contributed by atoms with Crippen LogP contribution in [0.4, 0.5) is 0 Å². The lowest BCUT2D eigenvalue weighted by Crippen LogP contribution is -2.43. The van der Waals surface area contributed by atoms with Gasteiger partial charge in [0.1, 0.15) is 5.82 Å². The Morgan fingerprint density at radius 1 is 1.14 bits per heavy atom. The predicted molar refractivity (Wildman–Crippen MR) is 108 cm³/mol. The Hall–Kier alpha value is -2.80. The minimum Gasteiger partial charge on any atom is -0.351 e. The summed E-state index contributed by atoms with van der Waals surface area (Å²) in [7, 11) is 0. The van der Waals surface area contributed by atoms with Gasteiger partial charge in [0.15, 0.2) is 0 Å². The minimum atomic E-state index is -0.0851. The summed E-state index contributed by atoms with van der Waals surface area (Å²) in [5, 5.41) is 5.04. The Morgan fingerprint density at radius 2 is 1.96 bits per heavy atom. The van der Waals surface area contributed by atoms with Crippen LogP contribution in [0.15, 0.2) is 35.7 Å². The van der Waals surface area contributed by atoms with Crippen LogP contribution in [-0.4, -0.2) is 45.8 Å². The Labute approximate surface area is 166 Å². The van der Waals surface area contributed by atoms with E-state index in [-0.39, 0.29) is 23.8 Å². The van der Waals surface area contributed by atoms with Gasteiger partial charge in [0, 0.05) is 30.3 Å². The molecule has 3 aromatic rings. The highest BCUT2D eigenvalue weighted by atomic mass is 32.1. The third-order valence-corrected chi connectivity index (χ3v) is 6.48. The molecule has 1 N–H and O–H groups in total. The Bertz CT molecular complexity index is 1080. The number of aromatic nitrogens is 2. The van der Waals surface area contributed by atoms with Crippen molar-refractivity contribution >= 4 is 33.4 Å². The fourth-order valence-corrected chi connectivity index (χ4v) is 4.98. The summed E-state index contributed by atoms with van der Waals surface area (Å²) in [5.41, 5.74) is 3.47. The number of amides is 2. The minimum absolute atomic E-state index is 0.0138. The van der Waals surface area contributed by atoms with Gasteiger partial charge in [-0.05, 0) is 43.3 Å². The summed E-state index contributed by atoms with van der Waals surface area (Å²) >= 11 is 1.62. The third kappa shape index (κ3) is 2.96. The fourth-order valence-electron chi connectivity index (χ4n) is 4.14. The monoisotopic (exact) mass is 392 g/mol. The van der Waals surface area contributed by atoms with Crippen LogP contribution in [0.5, 0.6) is 0 Å². The van der Waals surface area contributed by atoms with Gasteiger partial charge in [0.25, 0.3) is 5.91 Å². The summed E-state index contributed by atoms with van der Waals surface area (Å²) in [6.07, 6.45) is 1.81. The first-order valence-electron chi connectivity index (χ1n) is 9.50. The number of nitrogens with zero attached hydrogens (tertiary/aromatic N) is 3. The van der Waals surface area contributed by atoms with Gasteiger partial charge in [-0.3, -0.25) is 9.59 Å². The number of thiophene rings is 1. The van der Waals surface area contributed by atoms with Crippen LogP contribution in [0.1, 0.15) is 29.0 Å². The molecule has 3 aliphatic heterocycles. The SMILES string of the molecule is Cc1nc(-c2ccc(C(=O)N3C[C@@H]4CC[C@H](C3)C(=O)N4)cc2)c2sccc2n1. The van der Waals surface area contributed by atoms with Crippen molar-refractivity contribution < 1.29 is 9.59 Å². The van der Waals surface area contributed by atoms with Crippen molar-refractivity contribution in [3.05, 3.63) is 47.1 Å². The lowest BCUT2D eigenvalue weighted by Gasteiger charge is -2.23. The second kappa shape index (κ2) is 6.67. The standard InChI is InChI=1S/C21H20N4O2S/c1-12-22-17-8-9-28-19(17)18(23-12)13-2-4-14(5-3-13)21(27)25-10-15-6-7-16(11-25)24-20(15)26/h2-5,8-9,15-16H,6-7,10-11H2,1H3,(H,24,26)/t15-,16+/m1/s1. The van der Waals surface area contributed by atoms with E-state index >= 15 is 0 Å². The molecule has 7 heteroatoms. The molecule has 2 bridgehead atoms. The van der Waals surface area contributed by atoms with E-state index < -0.39 is 0 Å². The van der Waals surface area contributed by atoms with Crippen LogP contribution in [0.3, 0.4) is 0 Å². The van der Waals surface area contributed by atoms with E-state index in [4.69, 9.17) is 0 Å². The number of fused-ring (bicyclic) bond motifs is 5. The van der Waals surface area contributed by atoms with Crippen molar-refractivity contribution in [3.8, 4) is 11.3 Å². The van der Waals surface area contributed by atoms with Gasteiger partial charge in [-0.1, -0.05) is 12.1 Å². The zero-order chi connectivity index (χ0) is 19.3. The van der Waals surface area contributed by atoms with Crippen LogP contribution >= 0.6 is 11.3 Å². The highest BCUT2D eigenvalue weighted by molar-refractivity contribution is 7.17. The van der Waals surface area contributed by atoms with Crippen LogP contribution in [-0.2, 0) is 4.79 Å². The number of hydrogen-bond donors (Lipinski definition) is 1. The average molecular weight is 392 g/mol. The van der Waals surface area contributed by atoms with Gasteiger partial charge >= 0.3 is 0 Å². The molecule has 1 aromatic carbocycles. The summed E-state index contributed by atoms with van der Waals surface area (Å²) in [6, 6.07) is 9.69. The van der Waals surface area contributed by atoms with Crippen molar-refractivity contribution in [1.29, 1.82) is 0 Å². The molecule has 142 valence electrons. The van der Waals surface area contributed by atoms with E-state index in [1.807, 2.05) is 47.5 Å². The second-order valence-electron chi connectivity index (χ2n) is 7.52. The topological polar surface area (TPSA) is 75.2 Å². The Kier molecular flexibility index (Phi) is 4.12. The van der Waals surface area contributed by atoms with Crippen LogP contribution in [0.2, 0.25) is 0 Å². The molecule has 5 heterocycles. The molecule has 6 rings (SSSR count). The molecule has 0 spiro atoms. The molecule has 2 atom stereocenters. The fraction of sp³-hybridized carbons (Fsp3) is 0.333. The van der Waals surface area contributed by atoms with Gasteiger partial charge < -0.3 is 10.2 Å². The number of carbonyl (C=O) groups excluding carboxylic acids is 2. The smallest absolute Gasteiger partial charge is 0.253 e. The van der Waals surface area contributed by atoms with Gasteiger partial charge in [0.2, 0.25) is 5.91 Å². The molecule has 2 amide bonds.